The van der Waals surface area contributed by atoms with Crippen molar-refractivity contribution >= 4 is 17.7 Å². The highest BCUT2D eigenvalue weighted by Crippen LogP contribution is 2.17. The Balaban J connectivity index is 2.26. The SMILES string of the molecule is CNC(C)(CCCSc1ncc[nH]1)C(N)=O. The predicted molar refractivity (Wildman–Crippen MR) is 65.2 cm³/mol. The molecule has 6 heteroatoms. The normalized spacial score (nSPS) is 14.6. The van der Waals surface area contributed by atoms with Gasteiger partial charge in [0.1, 0.15) is 0 Å². The van der Waals surface area contributed by atoms with Crippen LogP contribution in [0.4, 0.5) is 0 Å². The number of imidazole rings is 1. The average molecular weight is 242 g/mol. The van der Waals surface area contributed by atoms with E-state index in [-0.39, 0.29) is 5.91 Å². The molecule has 1 heterocycles. The summed E-state index contributed by atoms with van der Waals surface area (Å²) in [6, 6.07) is 0. The monoisotopic (exact) mass is 242 g/mol. The first-order chi connectivity index (χ1) is 7.58. The number of likely N-dealkylation sites (N-methyl/N-ethyl adjacent to an activating group) is 1. The fourth-order valence-corrected chi connectivity index (χ4v) is 2.06. The molecule has 0 aliphatic heterocycles. The Morgan fingerprint density at radius 3 is 3.00 bits per heavy atom. The number of H-pyrrole nitrogens is 1. The Labute approximate surface area is 99.6 Å². The van der Waals surface area contributed by atoms with Crippen molar-refractivity contribution in [3.05, 3.63) is 12.4 Å². The van der Waals surface area contributed by atoms with Gasteiger partial charge in [0.05, 0.1) is 5.54 Å². The highest BCUT2D eigenvalue weighted by atomic mass is 32.2. The standard InChI is InChI=1S/C10H18N4OS/c1-10(12-2,8(11)15)4-3-7-16-9-13-5-6-14-9/h5-6,12H,3-4,7H2,1-2H3,(H2,11,15)(H,13,14). The Bertz CT molecular complexity index is 328. The molecule has 1 aromatic rings. The maximum Gasteiger partial charge on any atom is 0.237 e. The van der Waals surface area contributed by atoms with Gasteiger partial charge in [-0.05, 0) is 26.8 Å². The van der Waals surface area contributed by atoms with E-state index in [4.69, 9.17) is 5.73 Å². The molecule has 16 heavy (non-hydrogen) atoms. The molecule has 0 fully saturated rings. The number of primary amides is 1. The third kappa shape index (κ3) is 3.53. The molecule has 0 bridgehead atoms. The number of rotatable bonds is 7. The zero-order valence-electron chi connectivity index (χ0n) is 9.62. The zero-order chi connectivity index (χ0) is 12.0. The quantitative estimate of drug-likeness (QED) is 0.486. The van der Waals surface area contributed by atoms with Gasteiger partial charge in [0, 0.05) is 18.1 Å². The van der Waals surface area contributed by atoms with Crippen molar-refractivity contribution in [1.29, 1.82) is 0 Å². The number of aromatic nitrogens is 2. The molecule has 1 amide bonds. The number of nitrogens with two attached hydrogens (primary N) is 1. The van der Waals surface area contributed by atoms with Gasteiger partial charge in [-0.15, -0.1) is 0 Å². The van der Waals surface area contributed by atoms with E-state index in [0.29, 0.717) is 0 Å². The molecule has 1 atom stereocenters. The van der Waals surface area contributed by atoms with E-state index in [1.165, 1.54) is 0 Å². The minimum Gasteiger partial charge on any atom is -0.368 e. The van der Waals surface area contributed by atoms with Crippen molar-refractivity contribution in [3.8, 4) is 0 Å². The maximum atomic E-state index is 11.2. The summed E-state index contributed by atoms with van der Waals surface area (Å²) >= 11 is 1.64. The lowest BCUT2D eigenvalue weighted by atomic mass is 9.96. The van der Waals surface area contributed by atoms with Crippen LogP contribution >= 0.6 is 11.8 Å². The number of nitrogens with one attached hydrogen (secondary N) is 2. The number of hydrogen-bond acceptors (Lipinski definition) is 4. The van der Waals surface area contributed by atoms with Crippen molar-refractivity contribution in [2.45, 2.75) is 30.5 Å². The first-order valence-corrected chi connectivity index (χ1v) is 6.18. The van der Waals surface area contributed by atoms with E-state index in [2.05, 4.69) is 15.3 Å². The minimum atomic E-state index is -0.607. The summed E-state index contributed by atoms with van der Waals surface area (Å²) in [6.45, 7) is 1.83. The number of aromatic amines is 1. The van der Waals surface area contributed by atoms with E-state index in [9.17, 15) is 4.79 Å². The Hall–Kier alpha value is -1.01. The van der Waals surface area contributed by atoms with Gasteiger partial charge in [-0.1, -0.05) is 11.8 Å². The molecule has 0 saturated carbocycles. The van der Waals surface area contributed by atoms with E-state index >= 15 is 0 Å². The van der Waals surface area contributed by atoms with Crippen molar-refractivity contribution < 1.29 is 4.79 Å². The van der Waals surface area contributed by atoms with Gasteiger partial charge in [-0.2, -0.15) is 0 Å². The van der Waals surface area contributed by atoms with Crippen LogP contribution in [0.15, 0.2) is 17.6 Å². The van der Waals surface area contributed by atoms with Crippen LogP contribution in [-0.4, -0.2) is 34.2 Å². The van der Waals surface area contributed by atoms with Crippen molar-refractivity contribution in [3.63, 3.8) is 0 Å². The molecule has 1 unspecified atom stereocenters. The molecule has 0 aliphatic rings. The maximum absolute atomic E-state index is 11.2. The van der Waals surface area contributed by atoms with Gasteiger partial charge >= 0.3 is 0 Å². The lowest BCUT2D eigenvalue weighted by Crippen LogP contribution is -2.51. The van der Waals surface area contributed by atoms with Crippen molar-refractivity contribution in [2.75, 3.05) is 12.8 Å². The van der Waals surface area contributed by atoms with Gasteiger partial charge in [0.15, 0.2) is 5.16 Å². The molecule has 1 aromatic heterocycles. The number of hydrogen-bond donors (Lipinski definition) is 3. The van der Waals surface area contributed by atoms with Crippen LogP contribution in [0.5, 0.6) is 0 Å². The average Bonchev–Trinajstić information content (AvgIpc) is 2.76. The number of carbonyl (C=O) groups is 1. The van der Waals surface area contributed by atoms with Gasteiger partial charge in [-0.3, -0.25) is 4.79 Å². The largest absolute Gasteiger partial charge is 0.368 e. The van der Waals surface area contributed by atoms with Gasteiger partial charge in [-0.25, -0.2) is 4.98 Å². The number of nitrogens with zero attached hydrogens (tertiary/aromatic N) is 1. The number of carbonyl (C=O) groups excluding carboxylic acids is 1. The van der Waals surface area contributed by atoms with Crippen LogP contribution in [0.2, 0.25) is 0 Å². The third-order valence-corrected chi connectivity index (χ3v) is 3.62. The lowest BCUT2D eigenvalue weighted by Gasteiger charge is -2.25. The fraction of sp³-hybridized carbons (Fsp3) is 0.600. The number of amides is 1. The smallest absolute Gasteiger partial charge is 0.237 e. The molecule has 1 rings (SSSR count). The van der Waals surface area contributed by atoms with Crippen molar-refractivity contribution in [1.82, 2.24) is 15.3 Å². The highest BCUT2D eigenvalue weighted by molar-refractivity contribution is 7.99. The second kappa shape index (κ2) is 5.91. The lowest BCUT2D eigenvalue weighted by molar-refractivity contribution is -0.123. The van der Waals surface area contributed by atoms with Crippen LogP contribution in [-0.2, 0) is 4.79 Å². The summed E-state index contributed by atoms with van der Waals surface area (Å²) in [6.07, 6.45) is 5.16. The first-order valence-electron chi connectivity index (χ1n) is 5.19. The summed E-state index contributed by atoms with van der Waals surface area (Å²) in [7, 11) is 1.75. The van der Waals surface area contributed by atoms with E-state index in [1.54, 1.807) is 31.2 Å². The Kier molecular flexibility index (Phi) is 4.82. The number of thioether (sulfide) groups is 1. The molecule has 0 spiro atoms. The van der Waals surface area contributed by atoms with E-state index < -0.39 is 5.54 Å². The molecular weight excluding hydrogens is 224 g/mol. The molecule has 0 aromatic carbocycles. The fourth-order valence-electron chi connectivity index (χ4n) is 1.30. The summed E-state index contributed by atoms with van der Waals surface area (Å²) < 4.78 is 0. The molecule has 0 radical (unpaired) electrons. The first kappa shape index (κ1) is 13.1. The van der Waals surface area contributed by atoms with Crippen LogP contribution in [0.25, 0.3) is 0 Å². The van der Waals surface area contributed by atoms with Crippen LogP contribution < -0.4 is 11.1 Å². The summed E-state index contributed by atoms with van der Waals surface area (Å²) in [5.74, 6) is 0.607. The third-order valence-electron chi connectivity index (χ3n) is 2.63. The van der Waals surface area contributed by atoms with E-state index in [1.807, 2.05) is 6.92 Å². The van der Waals surface area contributed by atoms with Crippen LogP contribution in [0, 0.1) is 0 Å². The Morgan fingerprint density at radius 1 is 1.75 bits per heavy atom. The second-order valence-corrected chi connectivity index (χ2v) is 4.88. The molecular formula is C10H18N4OS. The van der Waals surface area contributed by atoms with Crippen LogP contribution in [0.1, 0.15) is 19.8 Å². The van der Waals surface area contributed by atoms with Gasteiger partial charge < -0.3 is 16.0 Å². The summed E-state index contributed by atoms with van der Waals surface area (Å²) in [5, 5.41) is 3.87. The molecule has 5 nitrogen and oxygen atoms in total. The minimum absolute atomic E-state index is 0.307. The van der Waals surface area contributed by atoms with Crippen molar-refractivity contribution in [2.24, 2.45) is 5.73 Å². The van der Waals surface area contributed by atoms with Gasteiger partial charge in [0.25, 0.3) is 0 Å². The Morgan fingerprint density at radius 2 is 2.50 bits per heavy atom. The highest BCUT2D eigenvalue weighted by Gasteiger charge is 2.27. The summed E-state index contributed by atoms with van der Waals surface area (Å²) in [5.41, 5.74) is 4.72. The second-order valence-electron chi connectivity index (χ2n) is 3.79. The zero-order valence-corrected chi connectivity index (χ0v) is 10.4. The topological polar surface area (TPSA) is 83.8 Å². The van der Waals surface area contributed by atoms with E-state index in [0.717, 1.165) is 23.8 Å². The molecule has 0 aliphatic carbocycles. The predicted octanol–water partition coefficient (Wildman–Crippen LogP) is 0.745. The molecule has 4 N–H and O–H groups in total. The molecule has 90 valence electrons. The van der Waals surface area contributed by atoms with Gasteiger partial charge in [0.2, 0.25) is 5.91 Å². The summed E-state index contributed by atoms with van der Waals surface area (Å²) in [4.78, 5) is 18.3. The van der Waals surface area contributed by atoms with Crippen LogP contribution in [0.3, 0.4) is 0 Å². The molecule has 0 saturated heterocycles.